The van der Waals surface area contributed by atoms with Gasteiger partial charge in [0.1, 0.15) is 6.04 Å². The van der Waals surface area contributed by atoms with Gasteiger partial charge in [-0.2, -0.15) is 0 Å². The monoisotopic (exact) mass is 263 g/mol. The first-order valence-corrected chi connectivity index (χ1v) is 6.30. The summed E-state index contributed by atoms with van der Waals surface area (Å²) in [5, 5.41) is 2.74. The second-order valence-electron chi connectivity index (χ2n) is 4.58. The van der Waals surface area contributed by atoms with Crippen LogP contribution in [0, 0.1) is 0 Å². The summed E-state index contributed by atoms with van der Waals surface area (Å²) in [6, 6.07) is 2.45. The zero-order valence-corrected chi connectivity index (χ0v) is 11.0. The Morgan fingerprint density at radius 2 is 2.21 bits per heavy atom. The molecule has 6 heteroatoms. The van der Waals surface area contributed by atoms with Gasteiger partial charge in [-0.3, -0.25) is 14.4 Å². The molecule has 2 heterocycles. The summed E-state index contributed by atoms with van der Waals surface area (Å²) in [5.41, 5.74) is 0.0941. The van der Waals surface area contributed by atoms with Crippen molar-refractivity contribution in [2.45, 2.75) is 19.4 Å². The Bertz CT molecular complexity index is 564. The maximum atomic E-state index is 12.4. The van der Waals surface area contributed by atoms with Crippen LogP contribution in [0.4, 0.5) is 0 Å². The van der Waals surface area contributed by atoms with E-state index >= 15 is 0 Å². The number of nitrogens with zero attached hydrogens (tertiary/aromatic N) is 2. The molecule has 0 aliphatic carbocycles. The Morgan fingerprint density at radius 3 is 2.84 bits per heavy atom. The van der Waals surface area contributed by atoms with Gasteiger partial charge in [-0.15, -0.1) is 0 Å². The normalized spacial score (nSPS) is 19.2. The highest BCUT2D eigenvalue weighted by molar-refractivity contribution is 5.98. The van der Waals surface area contributed by atoms with Gasteiger partial charge in [0.15, 0.2) is 0 Å². The minimum absolute atomic E-state index is 0.133. The molecule has 1 aromatic heterocycles. The SMILES string of the molecule is CCC1C(=O)NCCN1C(=O)c1ccn(C)c(=O)c1. The third kappa shape index (κ3) is 2.52. The summed E-state index contributed by atoms with van der Waals surface area (Å²) in [7, 11) is 1.62. The molecule has 2 amide bonds. The average molecular weight is 263 g/mol. The summed E-state index contributed by atoms with van der Waals surface area (Å²) in [6.45, 7) is 2.78. The number of carbonyl (C=O) groups excluding carboxylic acids is 2. The van der Waals surface area contributed by atoms with E-state index in [1.54, 1.807) is 19.3 Å². The van der Waals surface area contributed by atoms with E-state index < -0.39 is 6.04 Å². The van der Waals surface area contributed by atoms with Gasteiger partial charge in [-0.25, -0.2) is 0 Å². The fourth-order valence-corrected chi connectivity index (χ4v) is 2.21. The molecule has 1 aliphatic rings. The van der Waals surface area contributed by atoms with Gasteiger partial charge in [0.2, 0.25) is 5.91 Å². The Morgan fingerprint density at radius 1 is 1.47 bits per heavy atom. The Kier molecular flexibility index (Phi) is 3.69. The molecule has 1 N–H and O–H groups in total. The molecule has 0 spiro atoms. The van der Waals surface area contributed by atoms with Crippen LogP contribution < -0.4 is 10.9 Å². The van der Waals surface area contributed by atoms with Gasteiger partial charge in [-0.05, 0) is 12.5 Å². The van der Waals surface area contributed by atoms with E-state index in [-0.39, 0.29) is 17.4 Å². The van der Waals surface area contributed by atoms with Crippen LogP contribution in [0.15, 0.2) is 23.1 Å². The van der Waals surface area contributed by atoms with Crippen molar-refractivity contribution in [2.75, 3.05) is 13.1 Å². The van der Waals surface area contributed by atoms with Gasteiger partial charge >= 0.3 is 0 Å². The van der Waals surface area contributed by atoms with Crippen LogP contribution in [-0.2, 0) is 11.8 Å². The topological polar surface area (TPSA) is 71.4 Å². The maximum absolute atomic E-state index is 12.4. The summed E-state index contributed by atoms with van der Waals surface area (Å²) in [5.74, 6) is -0.398. The molecular formula is C13H17N3O3. The quantitative estimate of drug-likeness (QED) is 0.799. The van der Waals surface area contributed by atoms with Crippen LogP contribution in [0.1, 0.15) is 23.7 Å². The van der Waals surface area contributed by atoms with Gasteiger partial charge in [0.25, 0.3) is 11.5 Å². The van der Waals surface area contributed by atoms with Crippen molar-refractivity contribution in [1.82, 2.24) is 14.8 Å². The predicted molar refractivity (Wildman–Crippen MR) is 69.8 cm³/mol. The van der Waals surface area contributed by atoms with Crippen molar-refractivity contribution < 1.29 is 9.59 Å². The second kappa shape index (κ2) is 5.26. The van der Waals surface area contributed by atoms with Crippen LogP contribution in [0.25, 0.3) is 0 Å². The maximum Gasteiger partial charge on any atom is 0.254 e. The van der Waals surface area contributed by atoms with Crippen molar-refractivity contribution in [1.29, 1.82) is 0 Å². The molecule has 102 valence electrons. The number of hydrogen-bond donors (Lipinski definition) is 1. The zero-order valence-electron chi connectivity index (χ0n) is 11.0. The summed E-state index contributed by atoms with van der Waals surface area (Å²) in [6.07, 6.45) is 2.11. The summed E-state index contributed by atoms with van der Waals surface area (Å²) >= 11 is 0. The number of rotatable bonds is 2. The number of aromatic nitrogens is 1. The minimum atomic E-state index is -0.453. The van der Waals surface area contributed by atoms with E-state index in [2.05, 4.69) is 5.32 Å². The van der Waals surface area contributed by atoms with Gasteiger partial charge in [0, 0.05) is 38.0 Å². The lowest BCUT2D eigenvalue weighted by Gasteiger charge is -2.34. The Labute approximate surface area is 111 Å². The van der Waals surface area contributed by atoms with Crippen LogP contribution in [-0.4, -0.2) is 40.4 Å². The molecule has 2 rings (SSSR count). The van der Waals surface area contributed by atoms with Gasteiger partial charge < -0.3 is 14.8 Å². The van der Waals surface area contributed by atoms with Crippen molar-refractivity contribution in [3.63, 3.8) is 0 Å². The standard InChI is InChI=1S/C13H17N3O3/c1-3-10-12(18)14-5-7-16(10)13(19)9-4-6-15(2)11(17)8-9/h4,6,8,10H,3,5,7H2,1-2H3,(H,14,18). The van der Waals surface area contributed by atoms with E-state index in [9.17, 15) is 14.4 Å². The fourth-order valence-electron chi connectivity index (χ4n) is 2.21. The highest BCUT2D eigenvalue weighted by atomic mass is 16.2. The van der Waals surface area contributed by atoms with Crippen molar-refractivity contribution in [2.24, 2.45) is 7.05 Å². The third-order valence-electron chi connectivity index (χ3n) is 3.33. The molecule has 6 nitrogen and oxygen atoms in total. The predicted octanol–water partition coefficient (Wildman–Crippen LogP) is -0.264. The lowest BCUT2D eigenvalue weighted by molar-refractivity contribution is -0.127. The van der Waals surface area contributed by atoms with E-state index in [1.165, 1.54) is 15.5 Å². The molecular weight excluding hydrogens is 246 g/mol. The molecule has 1 saturated heterocycles. The highest BCUT2D eigenvalue weighted by Gasteiger charge is 2.32. The Balaban J connectivity index is 2.29. The van der Waals surface area contributed by atoms with Crippen LogP contribution in [0.2, 0.25) is 0 Å². The van der Waals surface area contributed by atoms with Crippen molar-refractivity contribution >= 4 is 11.8 Å². The molecule has 0 radical (unpaired) electrons. The van der Waals surface area contributed by atoms with Crippen molar-refractivity contribution in [3.8, 4) is 0 Å². The van der Waals surface area contributed by atoms with E-state index in [0.29, 0.717) is 25.1 Å². The first-order valence-electron chi connectivity index (χ1n) is 6.30. The van der Waals surface area contributed by atoms with E-state index in [0.717, 1.165) is 0 Å². The number of piperazine rings is 1. The number of hydrogen-bond acceptors (Lipinski definition) is 3. The number of nitrogens with one attached hydrogen (secondary N) is 1. The lowest BCUT2D eigenvalue weighted by Crippen LogP contribution is -2.57. The van der Waals surface area contributed by atoms with E-state index in [1.807, 2.05) is 6.92 Å². The highest BCUT2D eigenvalue weighted by Crippen LogP contribution is 2.12. The van der Waals surface area contributed by atoms with E-state index in [4.69, 9.17) is 0 Å². The van der Waals surface area contributed by atoms with Crippen LogP contribution in [0.3, 0.4) is 0 Å². The minimum Gasteiger partial charge on any atom is -0.353 e. The summed E-state index contributed by atoms with van der Waals surface area (Å²) < 4.78 is 1.40. The fraction of sp³-hybridized carbons (Fsp3) is 0.462. The largest absolute Gasteiger partial charge is 0.353 e. The molecule has 19 heavy (non-hydrogen) atoms. The smallest absolute Gasteiger partial charge is 0.254 e. The number of aryl methyl sites for hydroxylation is 1. The van der Waals surface area contributed by atoms with Crippen LogP contribution in [0.5, 0.6) is 0 Å². The molecule has 1 unspecified atom stereocenters. The number of amides is 2. The first kappa shape index (κ1) is 13.3. The molecule has 0 bridgehead atoms. The second-order valence-corrected chi connectivity index (χ2v) is 4.58. The third-order valence-corrected chi connectivity index (χ3v) is 3.33. The molecule has 1 fully saturated rings. The average Bonchev–Trinajstić information content (AvgIpc) is 2.40. The summed E-state index contributed by atoms with van der Waals surface area (Å²) in [4.78, 5) is 37.2. The van der Waals surface area contributed by atoms with Crippen molar-refractivity contribution in [3.05, 3.63) is 34.2 Å². The van der Waals surface area contributed by atoms with Crippen LogP contribution >= 0.6 is 0 Å². The number of pyridine rings is 1. The number of carbonyl (C=O) groups is 2. The molecule has 1 aliphatic heterocycles. The lowest BCUT2D eigenvalue weighted by atomic mass is 10.1. The molecule has 1 atom stereocenters. The van der Waals surface area contributed by atoms with Gasteiger partial charge in [-0.1, -0.05) is 6.92 Å². The molecule has 0 aromatic carbocycles. The zero-order chi connectivity index (χ0) is 14.0. The molecule has 0 saturated carbocycles. The first-order chi connectivity index (χ1) is 9.04. The Hall–Kier alpha value is -2.11. The molecule has 1 aromatic rings. The van der Waals surface area contributed by atoms with Gasteiger partial charge in [0.05, 0.1) is 0 Å².